The molecule has 3 nitrogen and oxygen atoms in total. The van der Waals surface area contributed by atoms with Crippen molar-refractivity contribution in [2.24, 2.45) is 0 Å². The molecule has 2 rings (SSSR count). The van der Waals surface area contributed by atoms with Crippen molar-refractivity contribution in [3.8, 4) is 11.5 Å². The highest BCUT2D eigenvalue weighted by molar-refractivity contribution is 6.31. The van der Waals surface area contributed by atoms with Crippen LogP contribution in [0.25, 0.3) is 0 Å². The monoisotopic (exact) mass is 290 g/mol. The van der Waals surface area contributed by atoms with Crippen LogP contribution in [0.4, 0.5) is 0 Å². The van der Waals surface area contributed by atoms with Crippen LogP contribution in [0.15, 0.2) is 36.5 Å². The molecule has 0 atom stereocenters. The number of hydrogen-bond donors (Lipinski definition) is 1. The number of ether oxygens (including phenoxy) is 1. The first-order valence-corrected chi connectivity index (χ1v) is 7.22. The van der Waals surface area contributed by atoms with Gasteiger partial charge in [0.05, 0.1) is 5.69 Å². The first-order chi connectivity index (χ1) is 9.72. The summed E-state index contributed by atoms with van der Waals surface area (Å²) in [6, 6.07) is 9.54. The van der Waals surface area contributed by atoms with E-state index < -0.39 is 0 Å². The van der Waals surface area contributed by atoms with E-state index in [-0.39, 0.29) is 0 Å². The Balaban J connectivity index is 2.13. The second-order valence-corrected chi connectivity index (χ2v) is 4.88. The van der Waals surface area contributed by atoms with Crippen LogP contribution in [0, 0.1) is 0 Å². The molecule has 0 aliphatic carbocycles. The number of aromatic nitrogens is 1. The molecule has 1 aromatic carbocycles. The summed E-state index contributed by atoms with van der Waals surface area (Å²) in [7, 11) is 0. The van der Waals surface area contributed by atoms with Crippen molar-refractivity contribution in [2.45, 2.75) is 26.8 Å². The first-order valence-electron chi connectivity index (χ1n) is 6.84. The molecule has 0 spiro atoms. The molecule has 0 unspecified atom stereocenters. The van der Waals surface area contributed by atoms with Gasteiger partial charge in [-0.05, 0) is 42.8 Å². The average Bonchev–Trinajstić information content (AvgIpc) is 2.47. The quantitative estimate of drug-likeness (QED) is 0.866. The van der Waals surface area contributed by atoms with Gasteiger partial charge in [0.1, 0.15) is 11.5 Å². The summed E-state index contributed by atoms with van der Waals surface area (Å²) < 4.78 is 5.87. The van der Waals surface area contributed by atoms with Gasteiger partial charge in [0.15, 0.2) is 0 Å². The zero-order chi connectivity index (χ0) is 14.4. The Labute approximate surface area is 124 Å². The summed E-state index contributed by atoms with van der Waals surface area (Å²) in [5, 5.41) is 4.03. The lowest BCUT2D eigenvalue weighted by Crippen LogP contribution is -2.12. The Morgan fingerprint density at radius 3 is 2.70 bits per heavy atom. The van der Waals surface area contributed by atoms with Crippen molar-refractivity contribution in [1.82, 2.24) is 10.3 Å². The smallest absolute Gasteiger partial charge is 0.130 e. The molecule has 0 aliphatic rings. The molecule has 106 valence electrons. The molecule has 0 amide bonds. The van der Waals surface area contributed by atoms with E-state index in [2.05, 4.69) is 24.1 Å². The van der Waals surface area contributed by atoms with E-state index in [1.54, 1.807) is 6.20 Å². The summed E-state index contributed by atoms with van der Waals surface area (Å²) in [6.45, 7) is 5.81. The minimum atomic E-state index is 0.745. The zero-order valence-corrected chi connectivity index (χ0v) is 12.6. The molecule has 0 fully saturated rings. The van der Waals surface area contributed by atoms with E-state index in [4.69, 9.17) is 16.3 Å². The maximum Gasteiger partial charge on any atom is 0.130 e. The third kappa shape index (κ3) is 3.95. The van der Waals surface area contributed by atoms with Crippen molar-refractivity contribution >= 4 is 11.6 Å². The van der Waals surface area contributed by atoms with Gasteiger partial charge >= 0.3 is 0 Å². The molecular weight excluding hydrogens is 272 g/mol. The third-order valence-electron chi connectivity index (χ3n) is 2.98. The molecule has 2 aromatic rings. The van der Waals surface area contributed by atoms with E-state index in [9.17, 15) is 0 Å². The van der Waals surface area contributed by atoms with Crippen molar-refractivity contribution in [3.63, 3.8) is 0 Å². The fourth-order valence-corrected chi connectivity index (χ4v) is 2.14. The van der Waals surface area contributed by atoms with Crippen molar-refractivity contribution in [1.29, 1.82) is 0 Å². The van der Waals surface area contributed by atoms with Gasteiger partial charge in [-0.2, -0.15) is 0 Å². The molecule has 1 heterocycles. The van der Waals surface area contributed by atoms with Crippen LogP contribution >= 0.6 is 11.6 Å². The van der Waals surface area contributed by atoms with Crippen LogP contribution in [0.3, 0.4) is 0 Å². The highest BCUT2D eigenvalue weighted by atomic mass is 35.5. The normalized spacial score (nSPS) is 10.6. The number of nitrogens with zero attached hydrogens (tertiary/aromatic N) is 1. The topological polar surface area (TPSA) is 34.1 Å². The fourth-order valence-electron chi connectivity index (χ4n) is 1.89. The number of nitrogens with one attached hydrogen (secondary N) is 1. The summed E-state index contributed by atoms with van der Waals surface area (Å²) >= 11 is 6.11. The van der Waals surface area contributed by atoms with Gasteiger partial charge in [-0.15, -0.1) is 0 Å². The van der Waals surface area contributed by atoms with Crippen molar-refractivity contribution in [2.75, 3.05) is 6.54 Å². The highest BCUT2D eigenvalue weighted by Gasteiger charge is 2.03. The van der Waals surface area contributed by atoms with Gasteiger partial charge in [-0.3, -0.25) is 4.98 Å². The standard InChI is InChI=1S/C16H19ClN2O/c1-3-12-9-14(5-6-16(12)17)20-15-7-8-19-13(10-15)11-18-4-2/h5-10,18H,3-4,11H2,1-2H3. The van der Waals surface area contributed by atoms with Crippen molar-refractivity contribution < 1.29 is 4.74 Å². The average molecular weight is 291 g/mol. The summed E-state index contributed by atoms with van der Waals surface area (Å²) in [5.41, 5.74) is 2.06. The Morgan fingerprint density at radius 2 is 1.95 bits per heavy atom. The van der Waals surface area contributed by atoms with Gasteiger partial charge in [-0.25, -0.2) is 0 Å². The number of benzene rings is 1. The lowest BCUT2D eigenvalue weighted by atomic mass is 10.1. The first kappa shape index (κ1) is 14.8. The van der Waals surface area contributed by atoms with Gasteiger partial charge in [0, 0.05) is 23.8 Å². The summed E-state index contributed by atoms with van der Waals surface area (Å²) in [5.74, 6) is 1.59. The second-order valence-electron chi connectivity index (χ2n) is 4.47. The van der Waals surface area contributed by atoms with Crippen LogP contribution in [0.5, 0.6) is 11.5 Å². The van der Waals surface area contributed by atoms with Crippen LogP contribution in [-0.2, 0) is 13.0 Å². The maximum absolute atomic E-state index is 6.11. The molecular formula is C16H19ClN2O. The Bertz CT molecular complexity index is 572. The molecule has 0 aliphatic heterocycles. The summed E-state index contributed by atoms with van der Waals surface area (Å²) in [4.78, 5) is 4.30. The predicted molar refractivity (Wildman–Crippen MR) is 82.5 cm³/mol. The van der Waals surface area contributed by atoms with Crippen LogP contribution in [0.1, 0.15) is 25.1 Å². The Hall–Kier alpha value is -1.58. The predicted octanol–water partition coefficient (Wildman–Crippen LogP) is 4.20. The molecule has 0 bridgehead atoms. The second kappa shape index (κ2) is 7.27. The van der Waals surface area contributed by atoms with Gasteiger partial charge in [-0.1, -0.05) is 25.4 Å². The van der Waals surface area contributed by atoms with E-state index in [0.29, 0.717) is 0 Å². The third-order valence-corrected chi connectivity index (χ3v) is 3.35. The minimum absolute atomic E-state index is 0.745. The fraction of sp³-hybridized carbons (Fsp3) is 0.312. The largest absolute Gasteiger partial charge is 0.457 e. The van der Waals surface area contributed by atoms with E-state index >= 15 is 0 Å². The van der Waals surface area contributed by atoms with Gasteiger partial charge < -0.3 is 10.1 Å². The molecule has 0 saturated heterocycles. The van der Waals surface area contributed by atoms with Crippen LogP contribution in [-0.4, -0.2) is 11.5 Å². The Kier molecular flexibility index (Phi) is 5.39. The summed E-state index contributed by atoms with van der Waals surface area (Å²) in [6.07, 6.45) is 2.65. The number of rotatable bonds is 6. The van der Waals surface area contributed by atoms with E-state index in [0.717, 1.165) is 47.3 Å². The molecule has 0 saturated carbocycles. The number of halogens is 1. The molecule has 20 heavy (non-hydrogen) atoms. The SMILES string of the molecule is CCNCc1cc(Oc2ccc(Cl)c(CC)c2)ccn1. The van der Waals surface area contributed by atoms with E-state index in [1.165, 1.54) is 0 Å². The minimum Gasteiger partial charge on any atom is -0.457 e. The van der Waals surface area contributed by atoms with Gasteiger partial charge in [0.25, 0.3) is 0 Å². The molecule has 0 radical (unpaired) electrons. The maximum atomic E-state index is 6.11. The number of pyridine rings is 1. The number of aryl methyl sites for hydroxylation is 1. The van der Waals surface area contributed by atoms with Gasteiger partial charge in [0.2, 0.25) is 0 Å². The zero-order valence-electron chi connectivity index (χ0n) is 11.8. The molecule has 1 N–H and O–H groups in total. The van der Waals surface area contributed by atoms with Crippen molar-refractivity contribution in [3.05, 3.63) is 52.8 Å². The Morgan fingerprint density at radius 1 is 1.15 bits per heavy atom. The lowest BCUT2D eigenvalue weighted by Gasteiger charge is -2.09. The van der Waals surface area contributed by atoms with E-state index in [1.807, 2.05) is 30.3 Å². The van der Waals surface area contributed by atoms with Crippen LogP contribution < -0.4 is 10.1 Å². The lowest BCUT2D eigenvalue weighted by molar-refractivity contribution is 0.479. The number of hydrogen-bond acceptors (Lipinski definition) is 3. The molecule has 1 aromatic heterocycles. The van der Waals surface area contributed by atoms with Crippen LogP contribution in [0.2, 0.25) is 5.02 Å². The highest BCUT2D eigenvalue weighted by Crippen LogP contribution is 2.26. The molecule has 4 heteroatoms.